The third-order valence-corrected chi connectivity index (χ3v) is 1.67. The van der Waals surface area contributed by atoms with Crippen molar-refractivity contribution in [2.45, 2.75) is 0 Å². The van der Waals surface area contributed by atoms with E-state index >= 15 is 0 Å². The largest absolute Gasteiger partial charge is 0.293 e. The van der Waals surface area contributed by atoms with E-state index in [4.69, 9.17) is 7.85 Å². The van der Waals surface area contributed by atoms with Gasteiger partial charge in [0.05, 0.1) is 5.69 Å². The molecule has 2 nitrogen and oxygen atoms in total. The average Bonchev–Trinajstić information content (AvgIpc) is 2.54. The van der Waals surface area contributed by atoms with Gasteiger partial charge in [0, 0.05) is 5.56 Å². The van der Waals surface area contributed by atoms with Crippen molar-refractivity contribution < 1.29 is 0 Å². The van der Waals surface area contributed by atoms with Gasteiger partial charge in [-0.1, -0.05) is 30.3 Å². The maximum Gasteiger partial charge on any atom is 0.140 e. The predicted molar refractivity (Wildman–Crippen MR) is 49.4 cm³/mol. The Labute approximate surface area is 72.0 Å². The lowest BCUT2D eigenvalue weighted by Gasteiger charge is -1.92. The zero-order valence-corrected chi connectivity index (χ0v) is 6.49. The average molecular weight is 154 g/mol. The van der Waals surface area contributed by atoms with Gasteiger partial charge in [-0.15, -0.1) is 0 Å². The molecule has 1 aromatic carbocycles. The highest BCUT2D eigenvalue weighted by Gasteiger charge is 1.98. The number of hydrogen-bond acceptors (Lipinski definition) is 1. The van der Waals surface area contributed by atoms with Crippen molar-refractivity contribution in [3.63, 3.8) is 0 Å². The molecule has 1 aromatic heterocycles. The van der Waals surface area contributed by atoms with Crippen LogP contribution in [-0.4, -0.2) is 18.0 Å². The fourth-order valence-electron chi connectivity index (χ4n) is 1.09. The van der Waals surface area contributed by atoms with Gasteiger partial charge in [-0.2, -0.15) is 5.10 Å². The normalized spacial score (nSPS) is 10.0. The van der Waals surface area contributed by atoms with Crippen LogP contribution >= 0.6 is 0 Å². The molecule has 0 atom stereocenters. The topological polar surface area (TPSA) is 28.7 Å². The third-order valence-electron chi connectivity index (χ3n) is 1.67. The molecular weight excluding hydrogens is 147 g/mol. The van der Waals surface area contributed by atoms with Crippen LogP contribution in [0.4, 0.5) is 0 Å². The van der Waals surface area contributed by atoms with Crippen LogP contribution in [0.25, 0.3) is 11.3 Å². The molecule has 1 N–H and O–H groups in total. The first-order valence-corrected chi connectivity index (χ1v) is 3.72. The number of aromatic nitrogens is 2. The van der Waals surface area contributed by atoms with Crippen LogP contribution in [0.5, 0.6) is 0 Å². The number of hydrogen-bond donors (Lipinski definition) is 1. The van der Waals surface area contributed by atoms with Gasteiger partial charge < -0.3 is 0 Å². The molecule has 0 saturated carbocycles. The van der Waals surface area contributed by atoms with Crippen LogP contribution in [0.1, 0.15) is 0 Å². The molecule has 0 fully saturated rings. The number of aromatic amines is 1. The summed E-state index contributed by atoms with van der Waals surface area (Å²) < 4.78 is 0. The van der Waals surface area contributed by atoms with Crippen molar-refractivity contribution in [2.24, 2.45) is 0 Å². The molecule has 2 radical (unpaired) electrons. The molecule has 0 spiro atoms. The molecule has 0 unspecified atom stereocenters. The van der Waals surface area contributed by atoms with Gasteiger partial charge in [0.1, 0.15) is 7.85 Å². The van der Waals surface area contributed by atoms with E-state index in [9.17, 15) is 0 Å². The summed E-state index contributed by atoms with van der Waals surface area (Å²) in [5.41, 5.74) is 2.55. The minimum atomic E-state index is 0.592. The number of H-pyrrole nitrogens is 1. The highest BCUT2D eigenvalue weighted by atomic mass is 15.1. The Bertz CT molecular complexity index is 367. The van der Waals surface area contributed by atoms with Crippen LogP contribution in [0.3, 0.4) is 0 Å². The zero-order valence-electron chi connectivity index (χ0n) is 6.49. The monoisotopic (exact) mass is 154 g/mol. The summed E-state index contributed by atoms with van der Waals surface area (Å²) in [4.78, 5) is 0. The summed E-state index contributed by atoms with van der Waals surface area (Å²) in [6.07, 6.45) is 0. The molecule has 0 saturated heterocycles. The molecule has 56 valence electrons. The summed E-state index contributed by atoms with van der Waals surface area (Å²) in [6.45, 7) is 0. The van der Waals surface area contributed by atoms with Gasteiger partial charge in [-0.05, 0) is 11.7 Å². The number of benzene rings is 1. The van der Waals surface area contributed by atoms with Crippen molar-refractivity contribution >= 4 is 13.4 Å². The standard InChI is InChI=1S/C9H7BN2/c10-9-6-8(11-12-9)7-4-2-1-3-5-7/h1-6H,(H,11,12). The maximum absolute atomic E-state index is 5.50. The molecule has 0 amide bonds. The second-order valence-corrected chi connectivity index (χ2v) is 2.57. The smallest absolute Gasteiger partial charge is 0.140 e. The van der Waals surface area contributed by atoms with Crippen molar-refractivity contribution in [2.75, 3.05) is 0 Å². The van der Waals surface area contributed by atoms with Crippen LogP contribution in [0, 0.1) is 0 Å². The molecule has 3 heteroatoms. The van der Waals surface area contributed by atoms with E-state index in [0.29, 0.717) is 5.59 Å². The van der Waals surface area contributed by atoms with E-state index in [1.807, 2.05) is 36.4 Å². The molecule has 0 aliphatic heterocycles. The fraction of sp³-hybridized carbons (Fsp3) is 0. The molecule has 0 aliphatic rings. The minimum Gasteiger partial charge on any atom is -0.293 e. The summed E-state index contributed by atoms with van der Waals surface area (Å²) in [7, 11) is 5.50. The molecule has 0 bridgehead atoms. The molecule has 2 aromatic rings. The molecule has 12 heavy (non-hydrogen) atoms. The lowest BCUT2D eigenvalue weighted by molar-refractivity contribution is 1.12. The van der Waals surface area contributed by atoms with Gasteiger partial charge in [-0.3, -0.25) is 5.10 Å². The highest BCUT2D eigenvalue weighted by Crippen LogP contribution is 2.13. The molecule has 2 rings (SSSR count). The lowest BCUT2D eigenvalue weighted by atomic mass is 10.0. The Kier molecular flexibility index (Phi) is 1.70. The minimum absolute atomic E-state index is 0.592. The number of nitrogens with one attached hydrogen (secondary N) is 1. The van der Waals surface area contributed by atoms with Gasteiger partial charge in [0.25, 0.3) is 0 Å². The van der Waals surface area contributed by atoms with Crippen molar-refractivity contribution in [3.05, 3.63) is 36.4 Å². The lowest BCUT2D eigenvalue weighted by Crippen LogP contribution is -2.00. The number of rotatable bonds is 1. The third kappa shape index (κ3) is 1.26. The summed E-state index contributed by atoms with van der Waals surface area (Å²) >= 11 is 0. The van der Waals surface area contributed by atoms with E-state index < -0.39 is 0 Å². The maximum atomic E-state index is 5.50. The Balaban J connectivity index is 2.45. The summed E-state index contributed by atoms with van der Waals surface area (Å²) in [5, 5.41) is 6.73. The van der Waals surface area contributed by atoms with Crippen LogP contribution in [-0.2, 0) is 0 Å². The first kappa shape index (κ1) is 7.16. The van der Waals surface area contributed by atoms with Gasteiger partial charge in [-0.25, -0.2) is 0 Å². The summed E-state index contributed by atoms with van der Waals surface area (Å²) in [6, 6.07) is 11.7. The highest BCUT2D eigenvalue weighted by molar-refractivity contribution is 6.30. The fourth-order valence-corrected chi connectivity index (χ4v) is 1.09. The quantitative estimate of drug-likeness (QED) is 0.606. The summed E-state index contributed by atoms with van der Waals surface area (Å²) in [5.74, 6) is 0. The van der Waals surface area contributed by atoms with Gasteiger partial charge >= 0.3 is 0 Å². The molecule has 0 aliphatic carbocycles. The van der Waals surface area contributed by atoms with E-state index in [1.165, 1.54) is 0 Å². The van der Waals surface area contributed by atoms with E-state index in [-0.39, 0.29) is 0 Å². The van der Waals surface area contributed by atoms with E-state index in [0.717, 1.165) is 11.3 Å². The second-order valence-electron chi connectivity index (χ2n) is 2.57. The SMILES string of the molecule is [B]c1cc(-c2ccccc2)n[nH]1. The Morgan fingerprint density at radius 1 is 1.17 bits per heavy atom. The van der Waals surface area contributed by atoms with Crippen LogP contribution < -0.4 is 5.59 Å². The second kappa shape index (κ2) is 2.85. The first-order valence-electron chi connectivity index (χ1n) is 3.72. The van der Waals surface area contributed by atoms with E-state index in [1.54, 1.807) is 0 Å². The number of nitrogens with zero attached hydrogens (tertiary/aromatic N) is 1. The van der Waals surface area contributed by atoms with Crippen LogP contribution in [0.15, 0.2) is 36.4 Å². The first-order chi connectivity index (χ1) is 5.86. The van der Waals surface area contributed by atoms with Gasteiger partial charge in [0.2, 0.25) is 0 Å². The van der Waals surface area contributed by atoms with Crippen molar-refractivity contribution in [1.29, 1.82) is 0 Å². The van der Waals surface area contributed by atoms with Gasteiger partial charge in [0.15, 0.2) is 0 Å². The Morgan fingerprint density at radius 3 is 2.50 bits per heavy atom. The van der Waals surface area contributed by atoms with E-state index in [2.05, 4.69) is 10.2 Å². The Morgan fingerprint density at radius 2 is 1.92 bits per heavy atom. The van der Waals surface area contributed by atoms with Crippen LogP contribution in [0.2, 0.25) is 0 Å². The van der Waals surface area contributed by atoms with Crippen molar-refractivity contribution in [3.8, 4) is 11.3 Å². The Hall–Kier alpha value is -1.51. The van der Waals surface area contributed by atoms with Crippen molar-refractivity contribution in [1.82, 2.24) is 10.2 Å². The molecule has 1 heterocycles. The predicted octanol–water partition coefficient (Wildman–Crippen LogP) is 0.870. The zero-order chi connectivity index (χ0) is 8.39. The molecular formula is C9H7BN2.